The Bertz CT molecular complexity index is 525. The van der Waals surface area contributed by atoms with E-state index in [1.165, 1.54) is 32.1 Å². The lowest BCUT2D eigenvalue weighted by Gasteiger charge is -2.37. The maximum absolute atomic E-state index is 9.45. The minimum absolute atomic E-state index is 0.214. The predicted octanol–water partition coefficient (Wildman–Crippen LogP) is 3.28. The molecule has 0 atom stereocenters. The van der Waals surface area contributed by atoms with Crippen molar-refractivity contribution in [3.63, 3.8) is 0 Å². The molecule has 0 unspecified atom stereocenters. The number of aliphatic hydroxyl groups is 1. The van der Waals surface area contributed by atoms with Crippen LogP contribution in [0.25, 0.3) is 0 Å². The Morgan fingerprint density at radius 1 is 1.25 bits per heavy atom. The summed E-state index contributed by atoms with van der Waals surface area (Å²) in [6, 6.07) is 2.05. The van der Waals surface area contributed by atoms with E-state index in [-0.39, 0.29) is 12.0 Å². The number of nitrogens with zero attached hydrogens (tertiary/aromatic N) is 1. The molecule has 0 spiro atoms. The summed E-state index contributed by atoms with van der Waals surface area (Å²) >= 11 is 0. The third kappa shape index (κ3) is 5.26. The predicted molar refractivity (Wildman–Crippen MR) is 98.2 cm³/mol. The van der Waals surface area contributed by atoms with Crippen LogP contribution in [0, 0.1) is 19.3 Å². The number of nitrogens with one attached hydrogen (secondary N) is 2. The first-order valence-corrected chi connectivity index (χ1v) is 9.27. The molecule has 0 bridgehead atoms. The number of hydrogen-bond donors (Lipinski definition) is 3. The van der Waals surface area contributed by atoms with Gasteiger partial charge in [0.2, 0.25) is 0 Å². The number of guanidine groups is 1. The van der Waals surface area contributed by atoms with Crippen molar-refractivity contribution in [1.82, 2.24) is 10.6 Å². The van der Waals surface area contributed by atoms with Gasteiger partial charge < -0.3 is 20.2 Å². The van der Waals surface area contributed by atoms with Crippen molar-refractivity contribution in [2.45, 2.75) is 65.8 Å². The number of furan rings is 1. The summed E-state index contributed by atoms with van der Waals surface area (Å²) in [5.41, 5.74) is 1.35. The van der Waals surface area contributed by atoms with E-state index in [2.05, 4.69) is 23.6 Å². The molecule has 1 aliphatic carbocycles. The van der Waals surface area contributed by atoms with Crippen LogP contribution in [0.1, 0.15) is 62.5 Å². The van der Waals surface area contributed by atoms with E-state index in [1.807, 2.05) is 13.8 Å². The average molecular weight is 335 g/mol. The second kappa shape index (κ2) is 9.11. The molecule has 2 rings (SSSR count). The van der Waals surface area contributed by atoms with Gasteiger partial charge in [0.15, 0.2) is 5.96 Å². The van der Waals surface area contributed by atoms with Crippen molar-refractivity contribution in [2.24, 2.45) is 10.4 Å². The minimum Gasteiger partial charge on any atom is -0.466 e. The summed E-state index contributed by atoms with van der Waals surface area (Å²) < 4.78 is 5.57. The van der Waals surface area contributed by atoms with E-state index in [1.54, 1.807) is 0 Å². The molecule has 1 heterocycles. The first-order valence-electron chi connectivity index (χ1n) is 9.27. The fraction of sp³-hybridized carbons (Fsp3) is 0.737. The molecule has 0 aromatic carbocycles. The number of rotatable bonds is 7. The van der Waals surface area contributed by atoms with Crippen molar-refractivity contribution in [3.8, 4) is 0 Å². The van der Waals surface area contributed by atoms with Gasteiger partial charge in [-0.2, -0.15) is 0 Å². The summed E-state index contributed by atoms with van der Waals surface area (Å²) in [4.78, 5) is 4.71. The van der Waals surface area contributed by atoms with Crippen molar-refractivity contribution < 1.29 is 9.52 Å². The van der Waals surface area contributed by atoms with Crippen LogP contribution in [-0.4, -0.2) is 30.8 Å². The lowest BCUT2D eigenvalue weighted by Crippen LogP contribution is -2.44. The molecule has 0 amide bonds. The molecule has 1 fully saturated rings. The fourth-order valence-corrected chi connectivity index (χ4v) is 3.67. The molecule has 1 saturated carbocycles. The van der Waals surface area contributed by atoms with E-state index in [9.17, 15) is 5.11 Å². The standard InChI is InChI=1S/C19H33N3O2/c1-4-20-18(21-13-17-12-15(2)24-16(17)3)22-14-19(10-11-23)8-6-5-7-9-19/h12,23H,4-11,13-14H2,1-3H3,(H2,20,21,22). The molecule has 136 valence electrons. The molecule has 1 aromatic rings. The molecule has 1 aromatic heterocycles. The van der Waals surface area contributed by atoms with Gasteiger partial charge in [-0.15, -0.1) is 0 Å². The van der Waals surface area contributed by atoms with Gasteiger partial charge in [0, 0.05) is 25.3 Å². The normalized spacial score (nSPS) is 17.8. The summed E-state index contributed by atoms with van der Waals surface area (Å²) in [5, 5.41) is 16.3. The fourth-order valence-electron chi connectivity index (χ4n) is 3.67. The van der Waals surface area contributed by atoms with Gasteiger partial charge in [0.05, 0.1) is 6.54 Å². The zero-order valence-electron chi connectivity index (χ0n) is 15.5. The van der Waals surface area contributed by atoms with Gasteiger partial charge in [0.1, 0.15) is 11.5 Å². The smallest absolute Gasteiger partial charge is 0.191 e. The molecular weight excluding hydrogens is 302 g/mol. The molecule has 3 N–H and O–H groups in total. The Hall–Kier alpha value is -1.49. The van der Waals surface area contributed by atoms with Crippen molar-refractivity contribution >= 4 is 5.96 Å². The summed E-state index contributed by atoms with van der Waals surface area (Å²) in [6.07, 6.45) is 7.12. The molecule has 5 heteroatoms. The van der Waals surface area contributed by atoms with Crippen LogP contribution in [0.15, 0.2) is 15.5 Å². The highest BCUT2D eigenvalue weighted by Gasteiger charge is 2.31. The Balaban J connectivity index is 1.98. The topological polar surface area (TPSA) is 69.8 Å². The molecule has 1 aliphatic rings. The van der Waals surface area contributed by atoms with Crippen molar-refractivity contribution in [1.29, 1.82) is 0 Å². The molecule has 0 aliphatic heterocycles. The van der Waals surface area contributed by atoms with E-state index in [4.69, 9.17) is 9.41 Å². The monoisotopic (exact) mass is 335 g/mol. The van der Waals surface area contributed by atoms with E-state index in [0.29, 0.717) is 6.54 Å². The van der Waals surface area contributed by atoms with Gasteiger partial charge in [0.25, 0.3) is 0 Å². The lowest BCUT2D eigenvalue weighted by molar-refractivity contribution is 0.131. The van der Waals surface area contributed by atoms with Crippen LogP contribution >= 0.6 is 0 Å². The molecular formula is C19H33N3O2. The van der Waals surface area contributed by atoms with E-state index < -0.39 is 0 Å². The maximum Gasteiger partial charge on any atom is 0.191 e. The first-order chi connectivity index (χ1) is 11.6. The van der Waals surface area contributed by atoms with Gasteiger partial charge >= 0.3 is 0 Å². The molecule has 5 nitrogen and oxygen atoms in total. The van der Waals surface area contributed by atoms with Gasteiger partial charge in [-0.25, -0.2) is 4.99 Å². The van der Waals surface area contributed by atoms with Crippen LogP contribution in [0.4, 0.5) is 0 Å². The summed E-state index contributed by atoms with van der Waals surface area (Å²) in [7, 11) is 0. The summed E-state index contributed by atoms with van der Waals surface area (Å²) in [5.74, 6) is 2.72. The molecule has 0 saturated heterocycles. The van der Waals surface area contributed by atoms with E-state index in [0.717, 1.165) is 42.6 Å². The average Bonchev–Trinajstić information content (AvgIpc) is 2.89. The lowest BCUT2D eigenvalue weighted by atomic mass is 9.72. The quantitative estimate of drug-likeness (QED) is 0.528. The van der Waals surface area contributed by atoms with Crippen molar-refractivity contribution in [2.75, 3.05) is 19.7 Å². The third-order valence-corrected chi connectivity index (χ3v) is 5.08. The highest BCUT2D eigenvalue weighted by Crippen LogP contribution is 2.38. The Morgan fingerprint density at radius 2 is 2.00 bits per heavy atom. The number of hydrogen-bond acceptors (Lipinski definition) is 3. The van der Waals surface area contributed by atoms with Crippen LogP contribution in [0.3, 0.4) is 0 Å². The van der Waals surface area contributed by atoms with Crippen LogP contribution < -0.4 is 10.6 Å². The van der Waals surface area contributed by atoms with Crippen LogP contribution in [-0.2, 0) is 6.54 Å². The van der Waals surface area contributed by atoms with Crippen LogP contribution in [0.5, 0.6) is 0 Å². The third-order valence-electron chi connectivity index (χ3n) is 5.08. The number of aliphatic hydroxyl groups excluding tert-OH is 1. The Labute approximate surface area is 145 Å². The molecule has 24 heavy (non-hydrogen) atoms. The van der Waals surface area contributed by atoms with Crippen LogP contribution in [0.2, 0.25) is 0 Å². The van der Waals surface area contributed by atoms with E-state index >= 15 is 0 Å². The Kier molecular flexibility index (Phi) is 7.16. The highest BCUT2D eigenvalue weighted by atomic mass is 16.3. The zero-order valence-corrected chi connectivity index (χ0v) is 15.5. The highest BCUT2D eigenvalue weighted by molar-refractivity contribution is 5.79. The SMILES string of the molecule is CCNC(=NCc1cc(C)oc1C)NCC1(CCO)CCCCC1. The Morgan fingerprint density at radius 3 is 2.58 bits per heavy atom. The first kappa shape index (κ1) is 18.8. The minimum atomic E-state index is 0.214. The zero-order chi connectivity index (χ0) is 17.4. The molecule has 0 radical (unpaired) electrons. The number of aryl methyl sites for hydroxylation is 2. The second-order valence-electron chi connectivity index (χ2n) is 7.02. The van der Waals surface area contributed by atoms with Gasteiger partial charge in [-0.1, -0.05) is 19.3 Å². The van der Waals surface area contributed by atoms with Crippen molar-refractivity contribution in [3.05, 3.63) is 23.2 Å². The van der Waals surface area contributed by atoms with Gasteiger partial charge in [-0.05, 0) is 51.5 Å². The number of aliphatic imine (C=N–C) groups is 1. The summed E-state index contributed by atoms with van der Waals surface area (Å²) in [6.45, 7) is 8.62. The second-order valence-corrected chi connectivity index (χ2v) is 7.02. The largest absolute Gasteiger partial charge is 0.466 e. The maximum atomic E-state index is 9.45. The van der Waals surface area contributed by atoms with Gasteiger partial charge in [-0.3, -0.25) is 0 Å².